The number of hydrogen-bond acceptors (Lipinski definition) is 0. The zero-order valence-corrected chi connectivity index (χ0v) is 13.2. The van der Waals surface area contributed by atoms with Gasteiger partial charge in [-0.2, -0.15) is 0 Å². The second-order valence-corrected chi connectivity index (χ2v) is 6.06. The Morgan fingerprint density at radius 3 is 2.68 bits per heavy atom. The van der Waals surface area contributed by atoms with Gasteiger partial charge in [-0.15, -0.1) is 11.6 Å². The van der Waals surface area contributed by atoms with E-state index in [1.165, 1.54) is 22.8 Å². The lowest BCUT2D eigenvalue weighted by Gasteiger charge is -2.14. The number of rotatable bonds is 3. The molecule has 0 bridgehead atoms. The minimum Gasteiger partial charge on any atom is -0.206 e. The van der Waals surface area contributed by atoms with Crippen LogP contribution in [0.1, 0.15) is 27.6 Å². The van der Waals surface area contributed by atoms with Crippen LogP contribution in [0.5, 0.6) is 0 Å². The number of alkyl halides is 1. The van der Waals surface area contributed by atoms with E-state index in [0.717, 1.165) is 5.56 Å². The molecule has 0 fully saturated rings. The van der Waals surface area contributed by atoms with Crippen molar-refractivity contribution in [3.8, 4) is 0 Å². The average Bonchev–Trinajstić information content (AvgIpc) is 2.37. The zero-order chi connectivity index (χ0) is 14.0. The normalized spacial score (nSPS) is 12.5. The van der Waals surface area contributed by atoms with Crippen molar-refractivity contribution in [1.82, 2.24) is 0 Å². The van der Waals surface area contributed by atoms with Crippen LogP contribution in [-0.2, 0) is 6.42 Å². The third kappa shape index (κ3) is 3.37. The van der Waals surface area contributed by atoms with Gasteiger partial charge in [-0.05, 0) is 59.0 Å². The Morgan fingerprint density at radius 1 is 1.21 bits per heavy atom. The van der Waals surface area contributed by atoms with E-state index in [2.05, 4.69) is 48.0 Å². The standard InChI is InChI=1S/C16H15BrClF/c1-10-6-7-11(2)12(8-10)9-14(18)13-4-3-5-15(19)16(13)17/h3-8,14H,9H2,1-2H3. The first-order valence-corrected chi connectivity index (χ1v) is 7.36. The third-order valence-corrected chi connectivity index (χ3v) is 4.45. The lowest BCUT2D eigenvalue weighted by molar-refractivity contribution is 0.617. The maximum Gasteiger partial charge on any atom is 0.137 e. The van der Waals surface area contributed by atoms with Crippen LogP contribution in [0.3, 0.4) is 0 Å². The fraction of sp³-hybridized carbons (Fsp3) is 0.250. The molecular formula is C16H15BrClF. The maximum atomic E-state index is 13.5. The second kappa shape index (κ2) is 6.06. The molecule has 0 heterocycles. The van der Waals surface area contributed by atoms with Crippen LogP contribution in [0.15, 0.2) is 40.9 Å². The Morgan fingerprint density at radius 2 is 1.95 bits per heavy atom. The van der Waals surface area contributed by atoms with Gasteiger partial charge in [0.05, 0.1) is 9.85 Å². The summed E-state index contributed by atoms with van der Waals surface area (Å²) in [6.07, 6.45) is 0.692. The molecule has 2 aromatic carbocycles. The number of hydrogen-bond donors (Lipinski definition) is 0. The summed E-state index contributed by atoms with van der Waals surface area (Å²) in [7, 11) is 0. The van der Waals surface area contributed by atoms with Crippen molar-refractivity contribution < 1.29 is 4.39 Å². The van der Waals surface area contributed by atoms with E-state index in [9.17, 15) is 4.39 Å². The lowest BCUT2D eigenvalue weighted by atomic mass is 9.98. The highest BCUT2D eigenvalue weighted by Crippen LogP contribution is 2.33. The molecule has 2 aromatic rings. The van der Waals surface area contributed by atoms with Crippen molar-refractivity contribution in [1.29, 1.82) is 0 Å². The molecular weight excluding hydrogens is 327 g/mol. The zero-order valence-electron chi connectivity index (χ0n) is 10.9. The van der Waals surface area contributed by atoms with E-state index in [1.807, 2.05) is 6.07 Å². The predicted octanol–water partition coefficient (Wildman–Crippen LogP) is 5.73. The van der Waals surface area contributed by atoms with Gasteiger partial charge in [0.2, 0.25) is 0 Å². The molecule has 0 amide bonds. The summed E-state index contributed by atoms with van der Waals surface area (Å²) in [6.45, 7) is 4.13. The van der Waals surface area contributed by atoms with E-state index < -0.39 is 0 Å². The second-order valence-electron chi connectivity index (χ2n) is 4.74. The van der Waals surface area contributed by atoms with E-state index in [-0.39, 0.29) is 11.2 Å². The van der Waals surface area contributed by atoms with Crippen molar-refractivity contribution in [3.63, 3.8) is 0 Å². The van der Waals surface area contributed by atoms with Gasteiger partial charge in [0, 0.05) is 0 Å². The Bertz CT molecular complexity index is 595. The summed E-state index contributed by atoms with van der Waals surface area (Å²) in [5, 5.41) is -0.245. The Hall–Kier alpha value is -0.860. The van der Waals surface area contributed by atoms with Crippen LogP contribution in [0.4, 0.5) is 4.39 Å². The molecule has 100 valence electrons. The number of aryl methyl sites for hydroxylation is 2. The van der Waals surface area contributed by atoms with Crippen molar-refractivity contribution in [2.24, 2.45) is 0 Å². The van der Waals surface area contributed by atoms with Crippen molar-refractivity contribution in [2.45, 2.75) is 25.6 Å². The quantitative estimate of drug-likeness (QED) is 0.626. The molecule has 19 heavy (non-hydrogen) atoms. The largest absolute Gasteiger partial charge is 0.206 e. The molecule has 3 heteroatoms. The lowest BCUT2D eigenvalue weighted by Crippen LogP contribution is -2.00. The highest BCUT2D eigenvalue weighted by atomic mass is 79.9. The number of benzene rings is 2. The molecule has 0 saturated heterocycles. The highest BCUT2D eigenvalue weighted by molar-refractivity contribution is 9.10. The molecule has 0 aromatic heterocycles. The summed E-state index contributed by atoms with van der Waals surface area (Å²) in [5.74, 6) is -0.274. The number of halogens is 3. The summed E-state index contributed by atoms with van der Waals surface area (Å²) in [6, 6.07) is 11.3. The van der Waals surface area contributed by atoms with Crippen LogP contribution in [0, 0.1) is 19.7 Å². The SMILES string of the molecule is Cc1ccc(C)c(CC(Cl)c2cccc(F)c2Br)c1. The first kappa shape index (κ1) is 14.5. The van der Waals surface area contributed by atoms with Gasteiger partial charge in [0.25, 0.3) is 0 Å². The topological polar surface area (TPSA) is 0 Å². The third-order valence-electron chi connectivity index (χ3n) is 3.22. The summed E-state index contributed by atoms with van der Waals surface area (Å²) in [4.78, 5) is 0. The van der Waals surface area contributed by atoms with Crippen LogP contribution < -0.4 is 0 Å². The van der Waals surface area contributed by atoms with Gasteiger partial charge in [0.15, 0.2) is 0 Å². The molecule has 0 aliphatic heterocycles. The molecule has 0 aliphatic carbocycles. The van der Waals surface area contributed by atoms with Gasteiger partial charge in [-0.3, -0.25) is 0 Å². The molecule has 0 saturated carbocycles. The average molecular weight is 342 g/mol. The Kier molecular flexibility index (Phi) is 4.64. The molecule has 0 radical (unpaired) electrons. The molecule has 0 aliphatic rings. The Labute approximate surface area is 126 Å². The molecule has 1 atom stereocenters. The van der Waals surface area contributed by atoms with E-state index in [1.54, 1.807) is 6.07 Å². The van der Waals surface area contributed by atoms with Crippen molar-refractivity contribution in [2.75, 3.05) is 0 Å². The van der Waals surface area contributed by atoms with Gasteiger partial charge in [-0.25, -0.2) is 4.39 Å². The van der Waals surface area contributed by atoms with Crippen LogP contribution in [-0.4, -0.2) is 0 Å². The van der Waals surface area contributed by atoms with Crippen molar-refractivity contribution >= 4 is 27.5 Å². The van der Waals surface area contributed by atoms with Gasteiger partial charge < -0.3 is 0 Å². The van der Waals surface area contributed by atoms with Gasteiger partial charge in [0.1, 0.15) is 5.82 Å². The van der Waals surface area contributed by atoms with Gasteiger partial charge >= 0.3 is 0 Å². The molecule has 0 nitrogen and oxygen atoms in total. The van der Waals surface area contributed by atoms with E-state index in [4.69, 9.17) is 11.6 Å². The molecule has 2 rings (SSSR count). The fourth-order valence-electron chi connectivity index (χ4n) is 2.09. The minimum absolute atomic E-state index is 0.245. The molecule has 1 unspecified atom stereocenters. The molecule has 0 N–H and O–H groups in total. The Balaban J connectivity index is 2.28. The summed E-state index contributed by atoms with van der Waals surface area (Å²) in [5.41, 5.74) is 4.42. The first-order chi connectivity index (χ1) is 8.99. The van der Waals surface area contributed by atoms with Crippen LogP contribution >= 0.6 is 27.5 Å². The first-order valence-electron chi connectivity index (χ1n) is 6.13. The maximum absolute atomic E-state index is 13.5. The highest BCUT2D eigenvalue weighted by Gasteiger charge is 2.15. The fourth-order valence-corrected chi connectivity index (χ4v) is 3.11. The van der Waals surface area contributed by atoms with E-state index in [0.29, 0.717) is 10.9 Å². The smallest absolute Gasteiger partial charge is 0.137 e. The minimum atomic E-state index is -0.274. The summed E-state index contributed by atoms with van der Waals surface area (Å²) >= 11 is 9.71. The van der Waals surface area contributed by atoms with Gasteiger partial charge in [-0.1, -0.05) is 35.9 Å². The molecule has 0 spiro atoms. The van der Waals surface area contributed by atoms with E-state index >= 15 is 0 Å². The van der Waals surface area contributed by atoms with Crippen LogP contribution in [0.25, 0.3) is 0 Å². The summed E-state index contributed by atoms with van der Waals surface area (Å²) < 4.78 is 14.0. The van der Waals surface area contributed by atoms with Crippen LogP contribution in [0.2, 0.25) is 0 Å². The van der Waals surface area contributed by atoms with Crippen molar-refractivity contribution in [3.05, 3.63) is 68.9 Å². The predicted molar refractivity (Wildman–Crippen MR) is 82.3 cm³/mol. The monoisotopic (exact) mass is 340 g/mol.